The zero-order valence-electron chi connectivity index (χ0n) is 17.7. The van der Waals surface area contributed by atoms with E-state index >= 15 is 4.39 Å². The van der Waals surface area contributed by atoms with Gasteiger partial charge in [0, 0.05) is 35.1 Å². The molecule has 1 unspecified atom stereocenters. The van der Waals surface area contributed by atoms with Gasteiger partial charge in [0.25, 0.3) is 0 Å². The van der Waals surface area contributed by atoms with E-state index in [0.717, 1.165) is 0 Å². The fourth-order valence-corrected chi connectivity index (χ4v) is 3.89. The first kappa shape index (κ1) is 21.1. The van der Waals surface area contributed by atoms with Gasteiger partial charge in [-0.3, -0.25) is 14.9 Å². The average molecular weight is 467 g/mol. The number of amides is 1. The Balaban J connectivity index is 0.000000705. The predicted molar refractivity (Wildman–Crippen MR) is 123 cm³/mol. The molecule has 168 valence electrons. The number of H-pyrrole nitrogens is 1. The van der Waals surface area contributed by atoms with Crippen LogP contribution in [0.1, 0.15) is 37.8 Å². The van der Waals surface area contributed by atoms with Crippen molar-refractivity contribution in [1.82, 2.24) is 34.1 Å². The number of imidazole rings is 2. The minimum atomic E-state index is -0.555. The Morgan fingerprint density at radius 3 is 2.79 bits per heavy atom. The lowest BCUT2D eigenvalue weighted by Crippen LogP contribution is -2.09. The molecule has 6 rings (SSSR count). The van der Waals surface area contributed by atoms with E-state index in [1.807, 2.05) is 6.92 Å². The molecule has 0 radical (unpaired) electrons. The molecular weight excluding hydrogens is 447 g/mol. The van der Waals surface area contributed by atoms with Crippen molar-refractivity contribution in [1.29, 1.82) is 0 Å². The van der Waals surface area contributed by atoms with E-state index < -0.39 is 5.82 Å². The lowest BCUT2D eigenvalue weighted by Gasteiger charge is -2.18. The highest BCUT2D eigenvalue weighted by Crippen LogP contribution is 2.41. The van der Waals surface area contributed by atoms with Crippen molar-refractivity contribution in [3.8, 4) is 11.3 Å². The van der Waals surface area contributed by atoms with Crippen molar-refractivity contribution < 1.29 is 9.18 Å². The van der Waals surface area contributed by atoms with Crippen molar-refractivity contribution in [2.75, 3.05) is 5.32 Å². The molecule has 2 N–H and O–H groups in total. The molecule has 11 heteroatoms. The van der Waals surface area contributed by atoms with E-state index in [4.69, 9.17) is 11.6 Å². The van der Waals surface area contributed by atoms with Gasteiger partial charge in [0.2, 0.25) is 6.41 Å². The molecule has 1 atom stereocenters. The van der Waals surface area contributed by atoms with Crippen LogP contribution in [0, 0.1) is 5.82 Å². The number of nitrogens with zero attached hydrogens (tertiary/aromatic N) is 6. The summed E-state index contributed by atoms with van der Waals surface area (Å²) in [5, 5.41) is 10.1. The number of halogens is 2. The lowest BCUT2D eigenvalue weighted by atomic mass is 9.98. The standard InChI is InChI=1S/C19H14ClFN8O.C3H6/c1-10(28-3-2-22-8-28)15-18(21)17(20)16(11-4-25-27-19(11)15)12-6-29-7-13(24-9-30)26-14(29)5-23-12;1-2-3-1/h2-10H,1H3,(H,24,30)(H,25,27);1-3H2. The number of rotatable bonds is 5. The van der Waals surface area contributed by atoms with Crippen LogP contribution in [0.4, 0.5) is 10.2 Å². The van der Waals surface area contributed by atoms with Gasteiger partial charge in [0.15, 0.2) is 11.5 Å². The Kier molecular flexibility index (Phi) is 5.51. The number of fused-ring (bicyclic) bond motifs is 2. The molecule has 4 heterocycles. The zero-order valence-corrected chi connectivity index (χ0v) is 18.4. The quantitative estimate of drug-likeness (QED) is 0.368. The number of benzene rings is 1. The van der Waals surface area contributed by atoms with Crippen LogP contribution in [0.15, 0.2) is 43.5 Å². The predicted octanol–water partition coefficient (Wildman–Crippen LogP) is 4.61. The second kappa shape index (κ2) is 8.62. The maximum atomic E-state index is 15.5. The third-order valence-corrected chi connectivity index (χ3v) is 5.73. The largest absolute Gasteiger partial charge is 0.330 e. The maximum Gasteiger partial charge on any atom is 0.212 e. The van der Waals surface area contributed by atoms with Crippen LogP contribution in [-0.4, -0.2) is 40.5 Å². The second-order valence-corrected chi connectivity index (χ2v) is 8.13. The molecule has 4 aromatic heterocycles. The minimum Gasteiger partial charge on any atom is -0.330 e. The van der Waals surface area contributed by atoms with Gasteiger partial charge >= 0.3 is 0 Å². The molecule has 33 heavy (non-hydrogen) atoms. The third-order valence-electron chi connectivity index (χ3n) is 5.37. The summed E-state index contributed by atoms with van der Waals surface area (Å²) in [5.74, 6) is -0.181. The summed E-state index contributed by atoms with van der Waals surface area (Å²) in [4.78, 5) is 23.3. The van der Waals surface area contributed by atoms with E-state index in [1.54, 1.807) is 46.3 Å². The third kappa shape index (κ3) is 3.93. The van der Waals surface area contributed by atoms with E-state index in [2.05, 4.69) is 30.5 Å². The first-order valence-electron chi connectivity index (χ1n) is 10.4. The van der Waals surface area contributed by atoms with E-state index in [0.29, 0.717) is 45.6 Å². The Hall–Kier alpha value is -3.79. The van der Waals surface area contributed by atoms with Gasteiger partial charge < -0.3 is 14.3 Å². The van der Waals surface area contributed by atoms with Gasteiger partial charge in [-0.1, -0.05) is 30.9 Å². The number of carbonyl (C=O) groups is 1. The first-order valence-corrected chi connectivity index (χ1v) is 10.8. The van der Waals surface area contributed by atoms with E-state index in [9.17, 15) is 4.79 Å². The smallest absolute Gasteiger partial charge is 0.212 e. The summed E-state index contributed by atoms with van der Waals surface area (Å²) in [6.45, 7) is 1.85. The molecule has 0 bridgehead atoms. The normalized spacial score (nSPS) is 13.5. The molecule has 1 fully saturated rings. The second-order valence-electron chi connectivity index (χ2n) is 7.75. The zero-order chi connectivity index (χ0) is 22.9. The van der Waals surface area contributed by atoms with Crippen LogP contribution in [0.2, 0.25) is 5.02 Å². The van der Waals surface area contributed by atoms with Crippen molar-refractivity contribution >= 4 is 40.4 Å². The van der Waals surface area contributed by atoms with Gasteiger partial charge in [0.1, 0.15) is 5.82 Å². The summed E-state index contributed by atoms with van der Waals surface area (Å²) in [5.41, 5.74) is 2.29. The Morgan fingerprint density at radius 2 is 2.09 bits per heavy atom. The lowest BCUT2D eigenvalue weighted by molar-refractivity contribution is -0.105. The van der Waals surface area contributed by atoms with E-state index in [-0.39, 0.29) is 11.1 Å². The fraction of sp³-hybridized carbons (Fsp3) is 0.227. The number of anilines is 1. The average Bonchev–Trinajstić information content (AvgIpc) is 3.27. The highest BCUT2D eigenvalue weighted by molar-refractivity contribution is 6.35. The molecule has 0 saturated heterocycles. The minimum absolute atomic E-state index is 0.0518. The van der Waals surface area contributed by atoms with Gasteiger partial charge in [-0.05, 0) is 6.92 Å². The molecule has 9 nitrogen and oxygen atoms in total. The van der Waals surface area contributed by atoms with Crippen LogP contribution in [-0.2, 0) is 4.79 Å². The van der Waals surface area contributed by atoms with Crippen LogP contribution in [0.5, 0.6) is 0 Å². The van der Waals surface area contributed by atoms with Crippen LogP contribution in [0.25, 0.3) is 27.8 Å². The van der Waals surface area contributed by atoms with Crippen molar-refractivity contribution in [3.05, 3.63) is 59.9 Å². The van der Waals surface area contributed by atoms with E-state index in [1.165, 1.54) is 25.5 Å². The first-order chi connectivity index (χ1) is 16.1. The van der Waals surface area contributed by atoms with Gasteiger partial charge in [-0.25, -0.2) is 14.4 Å². The van der Waals surface area contributed by atoms with Crippen LogP contribution < -0.4 is 5.32 Å². The molecule has 1 amide bonds. The van der Waals surface area contributed by atoms with Crippen LogP contribution in [0.3, 0.4) is 0 Å². The van der Waals surface area contributed by atoms with Crippen molar-refractivity contribution in [2.45, 2.75) is 32.2 Å². The Morgan fingerprint density at radius 1 is 1.27 bits per heavy atom. The molecule has 0 spiro atoms. The SMILES string of the molecule is C1CC1.CC(c1c(F)c(Cl)c(-c2cn3cc(NC=O)nc3cn2)c2cn[nH]c12)n1ccnc1. The molecule has 0 aliphatic heterocycles. The molecule has 5 aromatic rings. The molecule has 1 saturated carbocycles. The van der Waals surface area contributed by atoms with Gasteiger partial charge in [0.05, 0.1) is 47.2 Å². The summed E-state index contributed by atoms with van der Waals surface area (Å²) in [7, 11) is 0. The highest BCUT2D eigenvalue weighted by Gasteiger charge is 2.25. The number of aromatic amines is 1. The molecular formula is C22H20ClFN8O. The number of nitrogens with one attached hydrogen (secondary N) is 2. The fourth-order valence-electron chi connectivity index (χ4n) is 3.59. The monoisotopic (exact) mass is 466 g/mol. The summed E-state index contributed by atoms with van der Waals surface area (Å²) in [6, 6.07) is -0.358. The summed E-state index contributed by atoms with van der Waals surface area (Å²) in [6.07, 6.45) is 16.5. The summed E-state index contributed by atoms with van der Waals surface area (Å²) >= 11 is 6.52. The Labute approximate surface area is 192 Å². The highest BCUT2D eigenvalue weighted by atomic mass is 35.5. The number of carbonyl (C=O) groups excluding carboxylic acids is 1. The maximum absolute atomic E-state index is 15.5. The summed E-state index contributed by atoms with van der Waals surface area (Å²) < 4.78 is 19.0. The molecule has 1 aliphatic carbocycles. The number of aromatic nitrogens is 7. The van der Waals surface area contributed by atoms with Crippen LogP contribution >= 0.6 is 11.6 Å². The number of hydrogen-bond acceptors (Lipinski definition) is 5. The molecule has 1 aliphatic rings. The molecule has 1 aromatic carbocycles. The van der Waals surface area contributed by atoms with Crippen molar-refractivity contribution in [2.24, 2.45) is 0 Å². The van der Waals surface area contributed by atoms with Gasteiger partial charge in [-0.15, -0.1) is 0 Å². The van der Waals surface area contributed by atoms with Gasteiger partial charge in [-0.2, -0.15) is 5.10 Å². The Bertz CT molecular complexity index is 1440. The number of hydrogen-bond donors (Lipinski definition) is 2. The van der Waals surface area contributed by atoms with Crippen molar-refractivity contribution in [3.63, 3.8) is 0 Å². The topological polar surface area (TPSA) is 106 Å².